The monoisotopic (exact) mass is 423 g/mol. The molecular formula is C15H17ClF3N5O2S. The van der Waals surface area contributed by atoms with E-state index in [9.17, 15) is 21.6 Å². The van der Waals surface area contributed by atoms with E-state index in [1.54, 1.807) is 23.4 Å². The van der Waals surface area contributed by atoms with Gasteiger partial charge in [0.15, 0.2) is 5.03 Å². The molecule has 1 saturated heterocycles. The van der Waals surface area contributed by atoms with Crippen LogP contribution in [0.4, 0.5) is 19.0 Å². The highest BCUT2D eigenvalue weighted by Gasteiger charge is 2.35. The highest BCUT2D eigenvalue weighted by molar-refractivity contribution is 7.89. The second kappa shape index (κ2) is 6.95. The van der Waals surface area contributed by atoms with Crippen LogP contribution in [0.3, 0.4) is 0 Å². The van der Waals surface area contributed by atoms with Gasteiger partial charge in [-0.05, 0) is 19.1 Å². The number of nitrogens with zero attached hydrogens (tertiary/aromatic N) is 5. The zero-order valence-electron chi connectivity index (χ0n) is 14.5. The van der Waals surface area contributed by atoms with Crippen molar-refractivity contribution in [2.24, 2.45) is 7.05 Å². The second-order valence-corrected chi connectivity index (χ2v) is 8.42. The molecule has 3 heterocycles. The Morgan fingerprint density at radius 3 is 2.26 bits per heavy atom. The maximum Gasteiger partial charge on any atom is 0.433 e. The largest absolute Gasteiger partial charge is 0.433 e. The van der Waals surface area contributed by atoms with Crippen molar-refractivity contribution in [2.75, 3.05) is 31.1 Å². The second-order valence-electron chi connectivity index (χ2n) is 6.13. The van der Waals surface area contributed by atoms with Gasteiger partial charge in [-0.1, -0.05) is 11.6 Å². The van der Waals surface area contributed by atoms with Crippen molar-refractivity contribution in [1.29, 1.82) is 0 Å². The highest BCUT2D eigenvalue weighted by Crippen LogP contribution is 2.33. The Kier molecular flexibility index (Phi) is 5.12. The average molecular weight is 424 g/mol. The van der Waals surface area contributed by atoms with E-state index in [2.05, 4.69) is 9.97 Å². The lowest BCUT2D eigenvalue weighted by Gasteiger charge is -2.34. The van der Waals surface area contributed by atoms with Crippen LogP contribution in [-0.4, -0.2) is 53.4 Å². The Labute approximate surface area is 159 Å². The first-order valence-corrected chi connectivity index (χ1v) is 9.81. The third-order valence-electron chi connectivity index (χ3n) is 4.35. The fourth-order valence-electron chi connectivity index (χ4n) is 2.73. The van der Waals surface area contributed by atoms with Gasteiger partial charge in [0.25, 0.3) is 10.0 Å². The number of imidazole rings is 1. The van der Waals surface area contributed by atoms with Crippen LogP contribution in [0.2, 0.25) is 5.02 Å². The normalized spacial score (nSPS) is 16.7. The van der Waals surface area contributed by atoms with Gasteiger partial charge in [0.05, 0.1) is 5.02 Å². The van der Waals surface area contributed by atoms with E-state index in [-0.39, 0.29) is 42.0 Å². The predicted octanol–water partition coefficient (Wildman–Crippen LogP) is 2.31. The zero-order valence-corrected chi connectivity index (χ0v) is 16.1. The number of hydrogen-bond donors (Lipinski definition) is 0. The van der Waals surface area contributed by atoms with Gasteiger partial charge in [0.2, 0.25) is 0 Å². The van der Waals surface area contributed by atoms with Gasteiger partial charge in [0.1, 0.15) is 17.3 Å². The molecule has 27 heavy (non-hydrogen) atoms. The maximum atomic E-state index is 12.9. The standard InChI is InChI=1S/C15H17ClF3N5O2S/c1-10-20-13(9-22(10)2)27(25,26)24-7-5-23(6-8-24)14-11(16)3-4-12(21-14)15(17,18)19/h3-4,9H,5-8H2,1-2H3. The molecular weight excluding hydrogens is 407 g/mol. The average Bonchev–Trinajstić information content (AvgIpc) is 2.94. The molecule has 1 fully saturated rings. The molecule has 3 rings (SSSR count). The van der Waals surface area contributed by atoms with E-state index in [4.69, 9.17) is 11.6 Å². The SMILES string of the molecule is Cc1nc(S(=O)(=O)N2CCN(c3nc(C(F)(F)F)ccc3Cl)CC2)cn1C. The smallest absolute Gasteiger partial charge is 0.353 e. The maximum absolute atomic E-state index is 12.9. The van der Waals surface area contributed by atoms with E-state index >= 15 is 0 Å². The molecule has 0 bridgehead atoms. The summed E-state index contributed by atoms with van der Waals surface area (Å²) in [6.07, 6.45) is -3.15. The van der Waals surface area contributed by atoms with Crippen molar-refractivity contribution < 1.29 is 21.6 Å². The molecule has 12 heteroatoms. The van der Waals surface area contributed by atoms with Crippen LogP contribution in [-0.2, 0) is 23.2 Å². The predicted molar refractivity (Wildman–Crippen MR) is 93.2 cm³/mol. The zero-order chi connectivity index (χ0) is 20.0. The van der Waals surface area contributed by atoms with Crippen LogP contribution in [0.15, 0.2) is 23.4 Å². The summed E-state index contributed by atoms with van der Waals surface area (Å²) in [7, 11) is -2.07. The van der Waals surface area contributed by atoms with Crippen molar-refractivity contribution in [3.05, 3.63) is 34.9 Å². The third kappa shape index (κ3) is 3.90. The van der Waals surface area contributed by atoms with Gasteiger partial charge in [-0.2, -0.15) is 17.5 Å². The van der Waals surface area contributed by atoms with Gasteiger partial charge in [-0.25, -0.2) is 18.4 Å². The summed E-state index contributed by atoms with van der Waals surface area (Å²) in [6, 6.07) is 1.96. The van der Waals surface area contributed by atoms with E-state index in [0.717, 1.165) is 12.1 Å². The lowest BCUT2D eigenvalue weighted by atomic mass is 10.3. The third-order valence-corrected chi connectivity index (χ3v) is 6.41. The van der Waals surface area contributed by atoms with Gasteiger partial charge in [-0.15, -0.1) is 0 Å². The van der Waals surface area contributed by atoms with Gasteiger partial charge >= 0.3 is 6.18 Å². The van der Waals surface area contributed by atoms with Gasteiger partial charge < -0.3 is 9.47 Å². The number of anilines is 1. The summed E-state index contributed by atoms with van der Waals surface area (Å²) in [5.41, 5.74) is -1.04. The molecule has 0 saturated carbocycles. The number of rotatable bonds is 3. The number of hydrogen-bond acceptors (Lipinski definition) is 5. The number of halogens is 4. The molecule has 0 N–H and O–H groups in total. The fourth-order valence-corrected chi connectivity index (χ4v) is 4.41. The molecule has 0 amide bonds. The lowest BCUT2D eigenvalue weighted by Crippen LogP contribution is -2.49. The summed E-state index contributed by atoms with van der Waals surface area (Å²) in [5.74, 6) is 0.560. The lowest BCUT2D eigenvalue weighted by molar-refractivity contribution is -0.141. The molecule has 1 aliphatic heterocycles. The molecule has 0 radical (unpaired) electrons. The highest BCUT2D eigenvalue weighted by atomic mass is 35.5. The summed E-state index contributed by atoms with van der Waals surface area (Å²) in [5, 5.41) is 0.0332. The first kappa shape index (κ1) is 19.9. The van der Waals surface area contributed by atoms with Gasteiger partial charge in [-0.3, -0.25) is 0 Å². The Hall–Kier alpha value is -1.85. The van der Waals surface area contributed by atoms with Crippen LogP contribution >= 0.6 is 11.6 Å². The molecule has 0 unspecified atom stereocenters. The van der Waals surface area contributed by atoms with E-state index in [1.807, 2.05) is 0 Å². The minimum atomic E-state index is -4.58. The Balaban J connectivity index is 1.78. The number of aryl methyl sites for hydroxylation is 2. The van der Waals surface area contributed by atoms with Crippen molar-refractivity contribution in [3.8, 4) is 0 Å². The van der Waals surface area contributed by atoms with Crippen molar-refractivity contribution in [2.45, 2.75) is 18.1 Å². The number of piperazine rings is 1. The molecule has 1 aliphatic rings. The van der Waals surface area contributed by atoms with Crippen LogP contribution in [0.1, 0.15) is 11.5 Å². The molecule has 0 aliphatic carbocycles. The number of sulfonamides is 1. The van der Waals surface area contributed by atoms with Crippen LogP contribution in [0, 0.1) is 6.92 Å². The number of pyridine rings is 1. The minimum absolute atomic E-state index is 0.00257. The van der Waals surface area contributed by atoms with E-state index in [1.165, 1.54) is 10.5 Å². The molecule has 148 valence electrons. The molecule has 0 atom stereocenters. The summed E-state index contributed by atoms with van der Waals surface area (Å²) in [4.78, 5) is 9.21. The minimum Gasteiger partial charge on any atom is -0.353 e. The Bertz CT molecular complexity index is 933. The summed E-state index contributed by atoms with van der Waals surface area (Å²) < 4.78 is 66.9. The molecule has 0 spiro atoms. The molecule has 7 nitrogen and oxygen atoms in total. The molecule has 0 aromatic carbocycles. The van der Waals surface area contributed by atoms with Crippen LogP contribution in [0.25, 0.3) is 0 Å². The quantitative estimate of drug-likeness (QED) is 0.757. The van der Waals surface area contributed by atoms with Crippen molar-refractivity contribution in [3.63, 3.8) is 0 Å². The van der Waals surface area contributed by atoms with Crippen molar-refractivity contribution in [1.82, 2.24) is 18.8 Å². The van der Waals surface area contributed by atoms with E-state index < -0.39 is 21.9 Å². The summed E-state index contributed by atoms with van der Waals surface area (Å²) in [6.45, 7) is 2.20. The Morgan fingerprint density at radius 1 is 1.11 bits per heavy atom. The number of alkyl halides is 3. The first-order chi connectivity index (χ1) is 12.5. The van der Waals surface area contributed by atoms with Crippen LogP contribution in [0.5, 0.6) is 0 Å². The van der Waals surface area contributed by atoms with Gasteiger partial charge in [0, 0.05) is 39.4 Å². The van der Waals surface area contributed by atoms with Crippen molar-refractivity contribution >= 4 is 27.4 Å². The summed E-state index contributed by atoms with van der Waals surface area (Å²) >= 11 is 6.01. The topological polar surface area (TPSA) is 71.3 Å². The first-order valence-electron chi connectivity index (χ1n) is 7.99. The Morgan fingerprint density at radius 2 is 1.74 bits per heavy atom. The number of aromatic nitrogens is 3. The van der Waals surface area contributed by atoms with E-state index in [0.29, 0.717) is 5.82 Å². The molecule has 2 aromatic heterocycles. The fraction of sp³-hybridized carbons (Fsp3) is 0.467. The molecule has 2 aromatic rings. The van der Waals surface area contributed by atoms with Crippen LogP contribution < -0.4 is 4.90 Å².